The smallest absolute Gasteiger partial charge is 0.0767 e. The standard InChI is InChI=1S/C22H21N3/c1-14-7-8-19-17(13-23-25(19)15(14)2)20-16-5-3-4-6-18(16)21(9-10-21)22(24-20)11-12-22/h3-8,13H,9-12H2,1-2H3. The van der Waals surface area contributed by atoms with E-state index in [0.29, 0.717) is 5.41 Å². The molecule has 1 aromatic carbocycles. The molecule has 6 rings (SSSR count). The van der Waals surface area contributed by atoms with Gasteiger partial charge in [0, 0.05) is 22.2 Å². The number of fused-ring (bicyclic) bond motifs is 4. The van der Waals surface area contributed by atoms with E-state index in [9.17, 15) is 0 Å². The van der Waals surface area contributed by atoms with Crippen molar-refractivity contribution >= 4 is 11.2 Å². The number of aryl methyl sites for hydroxylation is 2. The Hall–Kier alpha value is -2.42. The highest BCUT2D eigenvalue weighted by molar-refractivity contribution is 6.18. The van der Waals surface area contributed by atoms with Crippen molar-refractivity contribution in [2.75, 3.05) is 0 Å². The van der Waals surface area contributed by atoms with Gasteiger partial charge in [0.2, 0.25) is 0 Å². The number of benzene rings is 1. The molecule has 124 valence electrons. The molecule has 3 heterocycles. The summed E-state index contributed by atoms with van der Waals surface area (Å²) in [5.41, 5.74) is 9.33. The van der Waals surface area contributed by atoms with Gasteiger partial charge in [0.05, 0.1) is 23.0 Å². The summed E-state index contributed by atoms with van der Waals surface area (Å²) in [6.45, 7) is 4.27. The van der Waals surface area contributed by atoms with Crippen LogP contribution in [-0.4, -0.2) is 20.9 Å². The molecule has 0 radical (unpaired) electrons. The van der Waals surface area contributed by atoms with Gasteiger partial charge in [-0.15, -0.1) is 0 Å². The first-order chi connectivity index (χ1) is 12.2. The molecule has 0 amide bonds. The third-order valence-corrected chi connectivity index (χ3v) is 6.83. The van der Waals surface area contributed by atoms with Gasteiger partial charge < -0.3 is 0 Å². The molecule has 25 heavy (non-hydrogen) atoms. The van der Waals surface area contributed by atoms with Crippen LogP contribution in [0.5, 0.6) is 0 Å². The summed E-state index contributed by atoms with van der Waals surface area (Å²) in [5, 5.41) is 4.68. The Kier molecular flexibility index (Phi) is 2.33. The first-order valence-electron chi connectivity index (χ1n) is 9.29. The van der Waals surface area contributed by atoms with Crippen LogP contribution in [0.15, 0.2) is 47.6 Å². The number of pyridine rings is 1. The monoisotopic (exact) mass is 327 g/mol. The second-order valence-electron chi connectivity index (χ2n) is 8.08. The SMILES string of the molecule is Cc1ccc2c(C3=NC4(CC4)C4(CC4)c4ccccc43)cnn2c1C. The molecule has 2 aromatic heterocycles. The van der Waals surface area contributed by atoms with Gasteiger partial charge in [0.1, 0.15) is 0 Å². The Morgan fingerprint density at radius 3 is 2.48 bits per heavy atom. The predicted molar refractivity (Wildman–Crippen MR) is 99.6 cm³/mol. The van der Waals surface area contributed by atoms with Crippen LogP contribution >= 0.6 is 0 Å². The zero-order valence-electron chi connectivity index (χ0n) is 14.7. The summed E-state index contributed by atoms with van der Waals surface area (Å²) in [5.74, 6) is 0. The Labute approximate surface area is 147 Å². The van der Waals surface area contributed by atoms with Gasteiger partial charge in [-0.1, -0.05) is 30.3 Å². The maximum absolute atomic E-state index is 5.39. The minimum Gasteiger partial charge on any atom is -0.276 e. The van der Waals surface area contributed by atoms with E-state index in [0.717, 1.165) is 5.71 Å². The van der Waals surface area contributed by atoms with E-state index in [4.69, 9.17) is 4.99 Å². The van der Waals surface area contributed by atoms with E-state index in [-0.39, 0.29) is 5.54 Å². The maximum atomic E-state index is 5.39. The number of rotatable bonds is 1. The highest BCUT2D eigenvalue weighted by Crippen LogP contribution is 2.69. The van der Waals surface area contributed by atoms with E-state index in [2.05, 4.69) is 59.9 Å². The normalized spacial score (nSPS) is 21.4. The van der Waals surface area contributed by atoms with E-state index >= 15 is 0 Å². The third-order valence-electron chi connectivity index (χ3n) is 6.83. The largest absolute Gasteiger partial charge is 0.276 e. The van der Waals surface area contributed by atoms with E-state index in [1.54, 1.807) is 0 Å². The molecule has 0 N–H and O–H groups in total. The first-order valence-corrected chi connectivity index (χ1v) is 9.29. The van der Waals surface area contributed by atoms with Crippen LogP contribution in [0.1, 0.15) is 53.6 Å². The predicted octanol–water partition coefficient (Wildman–Crippen LogP) is 4.37. The lowest BCUT2D eigenvalue weighted by molar-refractivity contribution is 0.498. The highest BCUT2D eigenvalue weighted by atomic mass is 15.2. The average molecular weight is 327 g/mol. The summed E-state index contributed by atoms with van der Waals surface area (Å²) in [6, 6.07) is 13.3. The average Bonchev–Trinajstić information content (AvgIpc) is 3.53. The molecule has 2 spiro atoms. The second kappa shape index (κ2) is 4.21. The molecule has 2 fully saturated rings. The summed E-state index contributed by atoms with van der Waals surface area (Å²) in [7, 11) is 0. The second-order valence-corrected chi connectivity index (χ2v) is 8.08. The lowest BCUT2D eigenvalue weighted by Crippen LogP contribution is -2.34. The molecule has 3 nitrogen and oxygen atoms in total. The van der Waals surface area contributed by atoms with Crippen molar-refractivity contribution in [3.8, 4) is 0 Å². The lowest BCUT2D eigenvalue weighted by atomic mass is 9.78. The summed E-state index contributed by atoms with van der Waals surface area (Å²) in [4.78, 5) is 5.39. The number of aliphatic imine (C=N–C) groups is 1. The van der Waals surface area contributed by atoms with Crippen LogP contribution in [0, 0.1) is 13.8 Å². The Bertz CT molecular complexity index is 1080. The van der Waals surface area contributed by atoms with Gasteiger partial charge >= 0.3 is 0 Å². The maximum Gasteiger partial charge on any atom is 0.0767 e. The van der Waals surface area contributed by atoms with Crippen LogP contribution in [0.25, 0.3) is 5.52 Å². The molecule has 0 saturated heterocycles. The first kappa shape index (κ1) is 13.8. The van der Waals surface area contributed by atoms with Crippen LogP contribution in [0.2, 0.25) is 0 Å². The molecule has 1 aliphatic heterocycles. The molecule has 3 aromatic rings. The topological polar surface area (TPSA) is 29.7 Å². The molecule has 0 bridgehead atoms. The summed E-state index contributed by atoms with van der Waals surface area (Å²) >= 11 is 0. The molecule has 0 unspecified atom stereocenters. The number of aromatic nitrogens is 2. The van der Waals surface area contributed by atoms with Crippen LogP contribution < -0.4 is 0 Å². The van der Waals surface area contributed by atoms with Crippen LogP contribution in [-0.2, 0) is 5.41 Å². The Morgan fingerprint density at radius 1 is 0.920 bits per heavy atom. The van der Waals surface area contributed by atoms with Crippen molar-refractivity contribution < 1.29 is 0 Å². The van der Waals surface area contributed by atoms with Crippen LogP contribution in [0.3, 0.4) is 0 Å². The summed E-state index contributed by atoms with van der Waals surface area (Å²) < 4.78 is 2.07. The third kappa shape index (κ3) is 1.57. The van der Waals surface area contributed by atoms with Crippen molar-refractivity contribution in [1.82, 2.24) is 9.61 Å². The van der Waals surface area contributed by atoms with Crippen molar-refractivity contribution in [2.24, 2.45) is 4.99 Å². The van der Waals surface area contributed by atoms with Crippen LogP contribution in [0.4, 0.5) is 0 Å². The zero-order valence-corrected chi connectivity index (χ0v) is 14.7. The molecule has 0 atom stereocenters. The van der Waals surface area contributed by atoms with Gasteiger partial charge in [-0.05, 0) is 56.7 Å². The molecule has 3 heteroatoms. The lowest BCUT2D eigenvalue weighted by Gasteiger charge is -2.32. The quantitative estimate of drug-likeness (QED) is 0.653. The van der Waals surface area contributed by atoms with Gasteiger partial charge in [0.15, 0.2) is 0 Å². The zero-order chi connectivity index (χ0) is 16.8. The Balaban J connectivity index is 1.64. The minimum atomic E-state index is 0.171. The number of hydrogen-bond acceptors (Lipinski definition) is 2. The van der Waals surface area contributed by atoms with Crippen molar-refractivity contribution in [3.63, 3.8) is 0 Å². The Morgan fingerprint density at radius 2 is 1.72 bits per heavy atom. The number of hydrogen-bond donors (Lipinski definition) is 0. The fourth-order valence-electron chi connectivity index (χ4n) is 4.97. The van der Waals surface area contributed by atoms with Gasteiger partial charge in [-0.3, -0.25) is 4.99 Å². The fraction of sp³-hybridized carbons (Fsp3) is 0.364. The van der Waals surface area contributed by atoms with Crippen molar-refractivity contribution in [1.29, 1.82) is 0 Å². The van der Waals surface area contributed by atoms with Crippen molar-refractivity contribution in [2.45, 2.75) is 50.5 Å². The van der Waals surface area contributed by atoms with E-state index < -0.39 is 0 Å². The van der Waals surface area contributed by atoms with E-state index in [1.807, 2.05) is 6.20 Å². The van der Waals surface area contributed by atoms with E-state index in [1.165, 1.54) is 59.1 Å². The molecule has 2 saturated carbocycles. The van der Waals surface area contributed by atoms with Gasteiger partial charge in [-0.2, -0.15) is 5.10 Å². The van der Waals surface area contributed by atoms with Gasteiger partial charge in [-0.25, -0.2) is 4.52 Å². The molecule has 3 aliphatic rings. The summed E-state index contributed by atoms with van der Waals surface area (Å²) in [6.07, 6.45) is 7.09. The van der Waals surface area contributed by atoms with Crippen molar-refractivity contribution in [3.05, 3.63) is 70.5 Å². The molecular formula is C22H21N3. The minimum absolute atomic E-state index is 0.171. The number of nitrogens with zero attached hydrogens (tertiary/aromatic N) is 3. The van der Waals surface area contributed by atoms with Gasteiger partial charge in [0.25, 0.3) is 0 Å². The fourth-order valence-corrected chi connectivity index (χ4v) is 4.97. The molecular weight excluding hydrogens is 306 g/mol. The molecule has 2 aliphatic carbocycles. The highest BCUT2D eigenvalue weighted by Gasteiger charge is 2.68.